The van der Waals surface area contributed by atoms with Crippen molar-refractivity contribution < 1.29 is 0 Å². The molecule has 0 atom stereocenters. The Hall–Kier alpha value is -0.250. The number of imidazole rings is 1. The summed E-state index contributed by atoms with van der Waals surface area (Å²) in [6, 6.07) is 3.91. The number of fused-ring (bicyclic) bond motifs is 1. The van der Waals surface area contributed by atoms with Gasteiger partial charge in [0.25, 0.3) is 0 Å². The standard InChI is InChI=1S/C8H6BrClN2.ClH/c9-7-2-1-3-12-5-6(4-10)11-8(7)12;/h1-3,5H,4H2;1H. The summed E-state index contributed by atoms with van der Waals surface area (Å²) < 4.78 is 2.93. The van der Waals surface area contributed by atoms with E-state index in [0.717, 1.165) is 15.8 Å². The third kappa shape index (κ3) is 1.98. The molecule has 0 aliphatic rings. The first-order chi connectivity index (χ1) is 5.81. The Morgan fingerprint density at radius 1 is 1.54 bits per heavy atom. The lowest BCUT2D eigenvalue weighted by Crippen LogP contribution is -1.80. The number of nitrogens with zero attached hydrogens (tertiary/aromatic N) is 2. The number of aromatic nitrogens is 2. The Balaban J connectivity index is 0.000000845. The second kappa shape index (κ2) is 4.31. The van der Waals surface area contributed by atoms with Gasteiger partial charge in [-0.1, -0.05) is 0 Å². The molecule has 2 heterocycles. The van der Waals surface area contributed by atoms with Crippen molar-refractivity contribution >= 4 is 45.6 Å². The summed E-state index contributed by atoms with van der Waals surface area (Å²) in [5, 5.41) is 0. The van der Waals surface area contributed by atoms with Gasteiger partial charge in [-0.3, -0.25) is 0 Å². The number of alkyl halides is 1. The highest BCUT2D eigenvalue weighted by molar-refractivity contribution is 9.10. The van der Waals surface area contributed by atoms with E-state index in [2.05, 4.69) is 20.9 Å². The average Bonchev–Trinajstić information content (AvgIpc) is 2.49. The number of hydrogen-bond acceptors (Lipinski definition) is 1. The molecule has 2 rings (SSSR count). The second-order valence-corrected chi connectivity index (χ2v) is 3.57. The third-order valence-corrected chi connectivity index (χ3v) is 2.51. The molecule has 2 aromatic rings. The van der Waals surface area contributed by atoms with Gasteiger partial charge in [-0.05, 0) is 28.1 Å². The van der Waals surface area contributed by atoms with Crippen molar-refractivity contribution in [2.45, 2.75) is 5.88 Å². The lowest BCUT2D eigenvalue weighted by molar-refractivity contribution is 1.18. The Kier molecular flexibility index (Phi) is 3.59. The van der Waals surface area contributed by atoms with Gasteiger partial charge in [0.2, 0.25) is 0 Å². The quantitative estimate of drug-likeness (QED) is 0.734. The molecule has 0 bridgehead atoms. The zero-order valence-electron chi connectivity index (χ0n) is 6.58. The van der Waals surface area contributed by atoms with Gasteiger partial charge in [0.15, 0.2) is 5.65 Å². The SMILES string of the molecule is Cl.ClCc1cn2cccc(Br)c2n1. The summed E-state index contributed by atoms with van der Waals surface area (Å²) in [7, 11) is 0. The van der Waals surface area contributed by atoms with Crippen molar-refractivity contribution in [2.75, 3.05) is 0 Å². The minimum absolute atomic E-state index is 0. The molecule has 0 unspecified atom stereocenters. The van der Waals surface area contributed by atoms with E-state index in [0.29, 0.717) is 5.88 Å². The van der Waals surface area contributed by atoms with Crippen molar-refractivity contribution in [3.63, 3.8) is 0 Å². The average molecular weight is 282 g/mol. The fraction of sp³-hybridized carbons (Fsp3) is 0.125. The molecule has 0 saturated heterocycles. The van der Waals surface area contributed by atoms with E-state index in [1.807, 2.05) is 28.9 Å². The van der Waals surface area contributed by atoms with Gasteiger partial charge in [0, 0.05) is 12.4 Å². The maximum atomic E-state index is 5.66. The molecular weight excluding hydrogens is 275 g/mol. The molecule has 2 nitrogen and oxygen atoms in total. The highest BCUT2D eigenvalue weighted by Gasteiger charge is 2.02. The predicted octanol–water partition coefficient (Wildman–Crippen LogP) is 3.26. The van der Waals surface area contributed by atoms with E-state index >= 15 is 0 Å². The van der Waals surface area contributed by atoms with Crippen molar-refractivity contribution in [3.8, 4) is 0 Å². The minimum Gasteiger partial charge on any atom is -0.306 e. The summed E-state index contributed by atoms with van der Waals surface area (Å²) in [6.45, 7) is 0. The van der Waals surface area contributed by atoms with Gasteiger partial charge in [-0.25, -0.2) is 4.98 Å². The van der Waals surface area contributed by atoms with Crippen LogP contribution in [0.15, 0.2) is 29.0 Å². The summed E-state index contributed by atoms with van der Waals surface area (Å²) in [6.07, 6.45) is 3.87. The Morgan fingerprint density at radius 3 is 2.92 bits per heavy atom. The smallest absolute Gasteiger partial charge is 0.151 e. The normalized spacial score (nSPS) is 10.0. The van der Waals surface area contributed by atoms with Crippen LogP contribution >= 0.6 is 39.9 Å². The second-order valence-electron chi connectivity index (χ2n) is 2.45. The van der Waals surface area contributed by atoms with E-state index in [-0.39, 0.29) is 12.4 Å². The van der Waals surface area contributed by atoms with Crippen molar-refractivity contribution in [3.05, 3.63) is 34.7 Å². The van der Waals surface area contributed by atoms with Crippen LogP contribution in [0.3, 0.4) is 0 Å². The maximum Gasteiger partial charge on any atom is 0.151 e. The fourth-order valence-electron chi connectivity index (χ4n) is 1.09. The highest BCUT2D eigenvalue weighted by Crippen LogP contribution is 2.17. The molecule has 0 saturated carbocycles. The van der Waals surface area contributed by atoms with Crippen LogP contribution in [-0.2, 0) is 5.88 Å². The molecule has 2 aromatic heterocycles. The first-order valence-electron chi connectivity index (χ1n) is 3.49. The molecule has 0 spiro atoms. The molecule has 13 heavy (non-hydrogen) atoms. The number of rotatable bonds is 1. The van der Waals surface area contributed by atoms with Crippen LogP contribution in [0.5, 0.6) is 0 Å². The molecule has 0 radical (unpaired) electrons. The first-order valence-corrected chi connectivity index (χ1v) is 4.82. The van der Waals surface area contributed by atoms with Crippen molar-refractivity contribution in [1.82, 2.24) is 9.38 Å². The largest absolute Gasteiger partial charge is 0.306 e. The van der Waals surface area contributed by atoms with E-state index < -0.39 is 0 Å². The van der Waals surface area contributed by atoms with Crippen LogP contribution in [0.1, 0.15) is 5.69 Å². The number of hydrogen-bond donors (Lipinski definition) is 0. The van der Waals surface area contributed by atoms with E-state index in [1.165, 1.54) is 0 Å². The van der Waals surface area contributed by atoms with Crippen LogP contribution < -0.4 is 0 Å². The van der Waals surface area contributed by atoms with E-state index in [4.69, 9.17) is 11.6 Å². The van der Waals surface area contributed by atoms with Crippen LogP contribution in [-0.4, -0.2) is 9.38 Å². The topological polar surface area (TPSA) is 17.3 Å². The van der Waals surface area contributed by atoms with Crippen molar-refractivity contribution in [1.29, 1.82) is 0 Å². The molecule has 0 N–H and O–H groups in total. The highest BCUT2D eigenvalue weighted by atomic mass is 79.9. The molecule has 0 fully saturated rings. The molecule has 5 heteroatoms. The summed E-state index contributed by atoms with van der Waals surface area (Å²) in [5.74, 6) is 0.453. The maximum absolute atomic E-state index is 5.66. The Morgan fingerprint density at radius 2 is 2.31 bits per heavy atom. The van der Waals surface area contributed by atoms with Gasteiger partial charge >= 0.3 is 0 Å². The monoisotopic (exact) mass is 280 g/mol. The predicted molar refractivity (Wildman–Crippen MR) is 59.7 cm³/mol. The molecule has 0 aliphatic carbocycles. The van der Waals surface area contributed by atoms with Gasteiger partial charge in [0.1, 0.15) is 0 Å². The summed E-state index contributed by atoms with van der Waals surface area (Å²) in [5.41, 5.74) is 1.80. The van der Waals surface area contributed by atoms with Crippen molar-refractivity contribution in [2.24, 2.45) is 0 Å². The van der Waals surface area contributed by atoms with E-state index in [9.17, 15) is 0 Å². The van der Waals surface area contributed by atoms with Crippen LogP contribution in [0.4, 0.5) is 0 Å². The lowest BCUT2D eigenvalue weighted by Gasteiger charge is -1.92. The summed E-state index contributed by atoms with van der Waals surface area (Å²) >= 11 is 9.07. The zero-order valence-corrected chi connectivity index (χ0v) is 9.73. The van der Waals surface area contributed by atoms with E-state index in [1.54, 1.807) is 0 Å². The molecule has 0 amide bonds. The van der Waals surface area contributed by atoms with Gasteiger partial charge in [-0.2, -0.15) is 0 Å². The van der Waals surface area contributed by atoms with Crippen LogP contribution in [0.2, 0.25) is 0 Å². The summed E-state index contributed by atoms with van der Waals surface area (Å²) in [4.78, 5) is 4.31. The lowest BCUT2D eigenvalue weighted by atomic mass is 10.5. The molecule has 0 aromatic carbocycles. The first kappa shape index (κ1) is 10.8. The van der Waals surface area contributed by atoms with Gasteiger partial charge < -0.3 is 4.40 Å². The Bertz CT molecular complexity index is 413. The van der Waals surface area contributed by atoms with Gasteiger partial charge in [-0.15, -0.1) is 24.0 Å². The third-order valence-electron chi connectivity index (χ3n) is 1.62. The van der Waals surface area contributed by atoms with Crippen LogP contribution in [0, 0.1) is 0 Å². The van der Waals surface area contributed by atoms with Crippen LogP contribution in [0.25, 0.3) is 5.65 Å². The Labute approximate surface area is 95.5 Å². The number of halogens is 3. The van der Waals surface area contributed by atoms with Gasteiger partial charge in [0.05, 0.1) is 16.0 Å². The molecular formula is C8H7BrCl2N2. The minimum atomic E-state index is 0. The molecule has 70 valence electrons. The fourth-order valence-corrected chi connectivity index (χ4v) is 1.67. The number of pyridine rings is 1. The molecule has 0 aliphatic heterocycles. The zero-order chi connectivity index (χ0) is 8.55.